The van der Waals surface area contributed by atoms with E-state index in [4.69, 9.17) is 11.6 Å². The lowest BCUT2D eigenvalue weighted by Crippen LogP contribution is -2.35. The largest absolute Gasteiger partial charge is 0.461 e. The zero-order valence-corrected chi connectivity index (χ0v) is 28.1. The first kappa shape index (κ1) is 36.6. The van der Waals surface area contributed by atoms with Gasteiger partial charge in [0.2, 0.25) is 0 Å². The van der Waals surface area contributed by atoms with Gasteiger partial charge in [0.15, 0.2) is 11.6 Å². The molecule has 5 aromatic rings. The van der Waals surface area contributed by atoms with E-state index < -0.39 is 42.8 Å². The molecule has 20 heteroatoms. The summed E-state index contributed by atoms with van der Waals surface area (Å²) in [6.45, 7) is -2.16. The number of ketones is 1. The molecule has 0 aliphatic heterocycles. The van der Waals surface area contributed by atoms with E-state index in [0.29, 0.717) is 19.5 Å². The number of carbonyl (C=O) groups excluding carboxylic acids is 2. The minimum atomic E-state index is -5.96. The predicted molar refractivity (Wildman–Crippen MR) is 169 cm³/mol. The maximum atomic E-state index is 13.9. The molecule has 3 heterocycles. The number of hydrogen-bond donors (Lipinski definition) is 1. The van der Waals surface area contributed by atoms with Gasteiger partial charge in [-0.1, -0.05) is 29.8 Å². The molecular formula is C30H21ClF7IN8O3. The van der Waals surface area contributed by atoms with Crippen molar-refractivity contribution >= 4 is 45.9 Å². The zero-order valence-electron chi connectivity index (χ0n) is 25.2. The van der Waals surface area contributed by atoms with Gasteiger partial charge in [-0.15, -0.1) is 10.2 Å². The first-order valence-electron chi connectivity index (χ1n) is 14.1. The number of Topliss-reactive ketones (excluding diaryl/α,β-unsaturated/α-hetero) is 1. The molecule has 50 heavy (non-hydrogen) atoms. The zero-order chi connectivity index (χ0) is 36.4. The van der Waals surface area contributed by atoms with Gasteiger partial charge in [-0.25, -0.2) is 9.67 Å². The Labute approximate surface area is 295 Å². The van der Waals surface area contributed by atoms with Crippen molar-refractivity contribution in [2.24, 2.45) is 0 Å². The number of alkyl halides is 7. The molecule has 0 fully saturated rings. The fourth-order valence-corrected chi connectivity index (χ4v) is 5.68. The monoisotopic (exact) mass is 836 g/mol. The van der Waals surface area contributed by atoms with Crippen LogP contribution in [-0.2, 0) is 25.4 Å². The number of halogens is 9. The third-order valence-electron chi connectivity index (χ3n) is 7.03. The third kappa shape index (κ3) is 8.03. The molecule has 0 saturated carbocycles. The molecule has 0 atom stereocenters. The molecule has 0 saturated heterocycles. The highest BCUT2D eigenvalue weighted by atomic mass is 127. The van der Waals surface area contributed by atoms with Crippen molar-refractivity contribution in [3.05, 3.63) is 109 Å². The Kier molecular flexibility index (Phi) is 10.7. The van der Waals surface area contributed by atoms with Crippen LogP contribution in [0.15, 0.2) is 60.8 Å². The average molecular weight is 837 g/mol. The second-order valence-electron chi connectivity index (χ2n) is 10.5. The predicted octanol–water partition coefficient (Wildman–Crippen LogP) is 6.48. The van der Waals surface area contributed by atoms with Gasteiger partial charge in [-0.05, 0) is 82.3 Å². The van der Waals surface area contributed by atoms with E-state index in [2.05, 4.69) is 35.5 Å². The lowest BCUT2D eigenvalue weighted by molar-refractivity contribution is -0.292. The molecular weight excluding hydrogens is 816 g/mol. The lowest BCUT2D eigenvalue weighted by atomic mass is 9.95. The van der Waals surface area contributed by atoms with Gasteiger partial charge in [0.1, 0.15) is 18.0 Å². The van der Waals surface area contributed by atoms with Gasteiger partial charge in [0.05, 0.1) is 10.7 Å². The number of aryl methyl sites for hydroxylation is 1. The highest BCUT2D eigenvalue weighted by molar-refractivity contribution is 14.1. The molecule has 2 aromatic carbocycles. The van der Waals surface area contributed by atoms with Crippen LogP contribution >= 0.6 is 34.2 Å². The fourth-order valence-electron chi connectivity index (χ4n) is 4.70. The second kappa shape index (κ2) is 14.7. The normalized spacial score (nSPS) is 12.0. The number of nitrogens with one attached hydrogen (secondary N) is 1. The Bertz CT molecular complexity index is 2050. The first-order valence-corrected chi connectivity index (χ1v) is 15.6. The standard InChI is InChI=1S/C30H21ClF7IN8O3/c1-15-9-17(39)10-20(26(49)41-13-16-5-2-3-7-24(16)50-28(32)33)19(15)12-23(48)22-11-18(43-47(22)25-21(31)6-4-8-40-25)14-46-44-27(42-45-46)29(34,35)30(36,37)38/h2-11,28H,12-14H2,1H3,(H,41,49). The molecule has 0 radical (unpaired) electrons. The molecule has 11 nitrogen and oxygen atoms in total. The molecule has 1 amide bonds. The Morgan fingerprint density at radius 3 is 2.48 bits per heavy atom. The van der Waals surface area contributed by atoms with Gasteiger partial charge < -0.3 is 10.1 Å². The van der Waals surface area contributed by atoms with E-state index in [1.807, 2.05) is 22.6 Å². The Balaban J connectivity index is 1.45. The number of pyridine rings is 1. The molecule has 0 aliphatic rings. The molecule has 0 spiro atoms. The number of nitrogens with zero attached hydrogens (tertiary/aromatic N) is 7. The number of carbonyl (C=O) groups is 2. The van der Waals surface area contributed by atoms with Crippen molar-refractivity contribution in [3.8, 4) is 11.6 Å². The summed E-state index contributed by atoms with van der Waals surface area (Å²) in [6.07, 6.45) is -4.98. The van der Waals surface area contributed by atoms with E-state index in [0.717, 1.165) is 4.68 Å². The number of ether oxygens (including phenoxy) is 1. The SMILES string of the molecule is Cc1cc(I)cc(C(=O)NCc2ccccc2OC(F)F)c1CC(=O)c1cc(Cn2nnc(C(F)(F)C(F)(F)F)n2)nn1-c1ncccc1Cl. The third-order valence-corrected chi connectivity index (χ3v) is 7.94. The van der Waals surface area contributed by atoms with Crippen molar-refractivity contribution in [1.29, 1.82) is 0 Å². The molecule has 0 bridgehead atoms. The van der Waals surface area contributed by atoms with Crippen molar-refractivity contribution < 1.29 is 45.1 Å². The van der Waals surface area contributed by atoms with Crippen molar-refractivity contribution in [1.82, 2.24) is 40.3 Å². The van der Waals surface area contributed by atoms with Gasteiger partial charge in [-0.3, -0.25) is 9.59 Å². The van der Waals surface area contributed by atoms with E-state index in [1.165, 1.54) is 48.7 Å². The van der Waals surface area contributed by atoms with Crippen LogP contribution in [-0.4, -0.2) is 59.4 Å². The van der Waals surface area contributed by atoms with E-state index in [9.17, 15) is 40.3 Å². The molecule has 0 unspecified atom stereocenters. The van der Waals surface area contributed by atoms with Crippen LogP contribution in [0.25, 0.3) is 5.82 Å². The van der Waals surface area contributed by atoms with Crippen LogP contribution in [0.5, 0.6) is 5.75 Å². The summed E-state index contributed by atoms with van der Waals surface area (Å²) < 4.78 is 98.0. The summed E-state index contributed by atoms with van der Waals surface area (Å²) in [7, 11) is 0. The van der Waals surface area contributed by atoms with Crippen LogP contribution in [0.1, 0.15) is 49.1 Å². The minimum Gasteiger partial charge on any atom is -0.434 e. The number of benzene rings is 2. The Morgan fingerprint density at radius 2 is 1.78 bits per heavy atom. The Morgan fingerprint density at radius 1 is 1.04 bits per heavy atom. The van der Waals surface area contributed by atoms with E-state index >= 15 is 0 Å². The topological polar surface area (TPSA) is 130 Å². The van der Waals surface area contributed by atoms with Crippen LogP contribution < -0.4 is 10.1 Å². The van der Waals surface area contributed by atoms with Gasteiger partial charge in [-0.2, -0.15) is 40.6 Å². The number of amides is 1. The highest BCUT2D eigenvalue weighted by Crippen LogP contribution is 2.42. The van der Waals surface area contributed by atoms with Crippen molar-refractivity contribution in [2.75, 3.05) is 0 Å². The first-order chi connectivity index (χ1) is 23.5. The molecule has 0 aliphatic carbocycles. The van der Waals surface area contributed by atoms with Crippen molar-refractivity contribution in [3.63, 3.8) is 0 Å². The van der Waals surface area contributed by atoms with Crippen LogP contribution in [0, 0.1) is 10.5 Å². The van der Waals surface area contributed by atoms with Gasteiger partial charge in [0, 0.05) is 33.9 Å². The van der Waals surface area contributed by atoms with Crippen LogP contribution in [0.4, 0.5) is 30.7 Å². The number of hydrogen-bond acceptors (Lipinski definition) is 8. The number of tetrazole rings is 1. The Hall–Kier alpha value is -4.66. The second-order valence-corrected chi connectivity index (χ2v) is 12.1. The highest BCUT2D eigenvalue weighted by Gasteiger charge is 2.62. The quantitative estimate of drug-likeness (QED) is 0.0860. The molecule has 262 valence electrons. The van der Waals surface area contributed by atoms with Gasteiger partial charge in [0.25, 0.3) is 11.7 Å². The maximum Gasteiger partial charge on any atom is 0.461 e. The minimum absolute atomic E-state index is 0.0124. The molecule has 1 N–H and O–H groups in total. The lowest BCUT2D eigenvalue weighted by Gasteiger charge is -2.15. The summed E-state index contributed by atoms with van der Waals surface area (Å²) in [4.78, 5) is 32.0. The maximum absolute atomic E-state index is 13.9. The van der Waals surface area contributed by atoms with Crippen LogP contribution in [0.3, 0.4) is 0 Å². The van der Waals surface area contributed by atoms with Crippen LogP contribution in [0.2, 0.25) is 5.02 Å². The summed E-state index contributed by atoms with van der Waals surface area (Å²) in [5.74, 6) is -8.62. The summed E-state index contributed by atoms with van der Waals surface area (Å²) in [5.41, 5.74) is 1.07. The van der Waals surface area contributed by atoms with E-state index in [1.54, 1.807) is 19.1 Å². The number of aromatic nitrogens is 7. The smallest absolute Gasteiger partial charge is 0.434 e. The molecule has 5 rings (SSSR count). The fraction of sp³-hybridized carbons (Fsp3) is 0.233. The van der Waals surface area contributed by atoms with E-state index in [-0.39, 0.29) is 52.1 Å². The summed E-state index contributed by atoms with van der Waals surface area (Å²) in [6, 6.07) is 13.4. The average Bonchev–Trinajstić information content (AvgIpc) is 3.69. The summed E-state index contributed by atoms with van der Waals surface area (Å²) >= 11 is 8.32. The summed E-state index contributed by atoms with van der Waals surface area (Å²) in [5, 5.41) is 16.3. The van der Waals surface area contributed by atoms with Crippen molar-refractivity contribution in [2.45, 2.75) is 45.1 Å². The number of rotatable bonds is 12. The number of para-hydroxylation sites is 1. The molecule has 3 aromatic heterocycles. The van der Waals surface area contributed by atoms with Gasteiger partial charge >= 0.3 is 18.7 Å².